The SMILES string of the molecule is COCCNCC(O)CCCS(C)(=O)=O. The summed E-state index contributed by atoms with van der Waals surface area (Å²) in [4.78, 5) is 0. The molecule has 2 N–H and O–H groups in total. The zero-order chi connectivity index (χ0) is 11.7. The third-order valence-electron chi connectivity index (χ3n) is 1.92. The highest BCUT2D eigenvalue weighted by atomic mass is 32.2. The minimum Gasteiger partial charge on any atom is -0.392 e. The highest BCUT2D eigenvalue weighted by Gasteiger charge is 2.06. The van der Waals surface area contributed by atoms with Crippen LogP contribution < -0.4 is 5.32 Å². The van der Waals surface area contributed by atoms with Gasteiger partial charge in [-0.25, -0.2) is 8.42 Å². The fraction of sp³-hybridized carbons (Fsp3) is 1.00. The first-order valence-electron chi connectivity index (χ1n) is 5.01. The van der Waals surface area contributed by atoms with Gasteiger partial charge in [-0.3, -0.25) is 0 Å². The summed E-state index contributed by atoms with van der Waals surface area (Å²) in [6.45, 7) is 1.78. The van der Waals surface area contributed by atoms with Crippen molar-refractivity contribution >= 4 is 9.84 Å². The van der Waals surface area contributed by atoms with Gasteiger partial charge < -0.3 is 15.2 Å². The van der Waals surface area contributed by atoms with Gasteiger partial charge in [0.05, 0.1) is 12.7 Å². The van der Waals surface area contributed by atoms with Gasteiger partial charge in [0, 0.05) is 32.2 Å². The lowest BCUT2D eigenvalue weighted by Gasteiger charge is -2.10. The number of hydrogen-bond donors (Lipinski definition) is 2. The van der Waals surface area contributed by atoms with E-state index in [1.807, 2.05) is 0 Å². The number of nitrogens with one attached hydrogen (secondary N) is 1. The quantitative estimate of drug-likeness (QED) is 0.526. The zero-order valence-electron chi connectivity index (χ0n) is 9.40. The van der Waals surface area contributed by atoms with Crippen molar-refractivity contribution in [3.63, 3.8) is 0 Å². The molecule has 15 heavy (non-hydrogen) atoms. The number of hydrogen-bond acceptors (Lipinski definition) is 5. The third-order valence-corrected chi connectivity index (χ3v) is 2.95. The van der Waals surface area contributed by atoms with Gasteiger partial charge >= 0.3 is 0 Å². The van der Waals surface area contributed by atoms with E-state index in [9.17, 15) is 13.5 Å². The Bertz CT molecular complexity index is 240. The molecule has 5 nitrogen and oxygen atoms in total. The second-order valence-corrected chi connectivity index (χ2v) is 5.88. The van der Waals surface area contributed by atoms with Crippen LogP contribution in [-0.2, 0) is 14.6 Å². The molecule has 0 radical (unpaired) electrons. The molecule has 0 rings (SSSR count). The molecule has 0 aromatic rings. The summed E-state index contributed by atoms with van der Waals surface area (Å²) in [5.41, 5.74) is 0. The zero-order valence-corrected chi connectivity index (χ0v) is 10.2. The number of sulfone groups is 1. The van der Waals surface area contributed by atoms with Crippen molar-refractivity contribution in [1.82, 2.24) is 5.32 Å². The van der Waals surface area contributed by atoms with Crippen LogP contribution in [0.4, 0.5) is 0 Å². The first-order chi connectivity index (χ1) is 6.95. The Morgan fingerprint density at radius 2 is 2.13 bits per heavy atom. The Morgan fingerprint density at radius 3 is 2.67 bits per heavy atom. The number of rotatable bonds is 9. The average Bonchev–Trinajstić information content (AvgIpc) is 2.10. The van der Waals surface area contributed by atoms with Crippen molar-refractivity contribution < 1.29 is 18.3 Å². The smallest absolute Gasteiger partial charge is 0.147 e. The molecule has 0 fully saturated rings. The van der Waals surface area contributed by atoms with Crippen molar-refractivity contribution in [2.75, 3.05) is 38.8 Å². The summed E-state index contributed by atoms with van der Waals surface area (Å²) in [6, 6.07) is 0. The van der Waals surface area contributed by atoms with Crippen LogP contribution in [0.3, 0.4) is 0 Å². The van der Waals surface area contributed by atoms with Crippen LogP contribution in [0.2, 0.25) is 0 Å². The molecule has 0 aliphatic heterocycles. The lowest BCUT2D eigenvalue weighted by atomic mass is 10.2. The Hall–Kier alpha value is -0.170. The first kappa shape index (κ1) is 14.8. The number of aliphatic hydroxyl groups is 1. The molecular formula is C9H21NO4S. The van der Waals surface area contributed by atoms with E-state index < -0.39 is 15.9 Å². The number of methoxy groups -OCH3 is 1. The molecule has 0 saturated heterocycles. The molecule has 6 heteroatoms. The summed E-state index contributed by atoms with van der Waals surface area (Å²) < 4.78 is 26.4. The Labute approximate surface area is 91.7 Å². The molecule has 1 atom stereocenters. The van der Waals surface area contributed by atoms with E-state index in [1.54, 1.807) is 7.11 Å². The molecule has 0 aliphatic rings. The summed E-state index contributed by atoms with van der Waals surface area (Å²) in [6.07, 6.45) is 1.73. The molecule has 92 valence electrons. The normalized spacial score (nSPS) is 14.1. The Kier molecular flexibility index (Phi) is 7.95. The van der Waals surface area contributed by atoms with E-state index in [2.05, 4.69) is 5.32 Å². The van der Waals surface area contributed by atoms with Gasteiger partial charge in [-0.1, -0.05) is 0 Å². The maximum atomic E-state index is 10.8. The second-order valence-electron chi connectivity index (χ2n) is 3.62. The summed E-state index contributed by atoms with van der Waals surface area (Å²) >= 11 is 0. The molecule has 0 heterocycles. The molecule has 0 saturated carbocycles. The highest BCUT2D eigenvalue weighted by molar-refractivity contribution is 7.90. The minimum atomic E-state index is -2.90. The second kappa shape index (κ2) is 8.04. The van der Waals surface area contributed by atoms with Crippen molar-refractivity contribution in [2.45, 2.75) is 18.9 Å². The lowest BCUT2D eigenvalue weighted by molar-refractivity contribution is 0.151. The number of aliphatic hydroxyl groups excluding tert-OH is 1. The van der Waals surface area contributed by atoms with Crippen molar-refractivity contribution in [1.29, 1.82) is 0 Å². The van der Waals surface area contributed by atoms with Crippen molar-refractivity contribution in [3.05, 3.63) is 0 Å². The monoisotopic (exact) mass is 239 g/mol. The molecule has 0 amide bonds. The molecule has 0 aromatic heterocycles. The van der Waals surface area contributed by atoms with Gasteiger partial charge in [-0.05, 0) is 12.8 Å². The van der Waals surface area contributed by atoms with Gasteiger partial charge in [0.2, 0.25) is 0 Å². The maximum absolute atomic E-state index is 10.8. The lowest BCUT2D eigenvalue weighted by Crippen LogP contribution is -2.29. The summed E-state index contributed by atoms with van der Waals surface area (Å²) in [5, 5.41) is 12.5. The summed E-state index contributed by atoms with van der Waals surface area (Å²) in [5.74, 6) is 0.141. The van der Waals surface area contributed by atoms with E-state index in [1.165, 1.54) is 6.26 Å². The highest BCUT2D eigenvalue weighted by Crippen LogP contribution is 1.98. The molecule has 1 unspecified atom stereocenters. The molecular weight excluding hydrogens is 218 g/mol. The largest absolute Gasteiger partial charge is 0.392 e. The van der Waals surface area contributed by atoms with Crippen LogP contribution in [0.25, 0.3) is 0 Å². The molecule has 0 spiro atoms. The number of ether oxygens (including phenoxy) is 1. The fourth-order valence-electron chi connectivity index (χ4n) is 1.13. The van der Waals surface area contributed by atoms with E-state index in [0.717, 1.165) is 0 Å². The summed E-state index contributed by atoms with van der Waals surface area (Å²) in [7, 11) is -1.29. The average molecular weight is 239 g/mol. The van der Waals surface area contributed by atoms with Crippen LogP contribution in [0.1, 0.15) is 12.8 Å². The van der Waals surface area contributed by atoms with E-state index in [4.69, 9.17) is 4.74 Å². The van der Waals surface area contributed by atoms with E-state index in [0.29, 0.717) is 32.5 Å². The van der Waals surface area contributed by atoms with Gasteiger partial charge in [0.25, 0.3) is 0 Å². The topological polar surface area (TPSA) is 75.6 Å². The van der Waals surface area contributed by atoms with E-state index in [-0.39, 0.29) is 5.75 Å². The van der Waals surface area contributed by atoms with Crippen LogP contribution in [-0.4, -0.2) is 58.4 Å². The van der Waals surface area contributed by atoms with Gasteiger partial charge in [0.15, 0.2) is 0 Å². The van der Waals surface area contributed by atoms with Crippen molar-refractivity contribution in [2.24, 2.45) is 0 Å². The van der Waals surface area contributed by atoms with Crippen LogP contribution >= 0.6 is 0 Å². The fourth-order valence-corrected chi connectivity index (χ4v) is 1.82. The molecule has 0 aliphatic carbocycles. The molecule has 0 aromatic carbocycles. The Balaban J connectivity index is 3.37. The first-order valence-corrected chi connectivity index (χ1v) is 7.07. The maximum Gasteiger partial charge on any atom is 0.147 e. The van der Waals surface area contributed by atoms with Gasteiger partial charge in [-0.2, -0.15) is 0 Å². The van der Waals surface area contributed by atoms with Crippen LogP contribution in [0.5, 0.6) is 0 Å². The minimum absolute atomic E-state index is 0.141. The predicted octanol–water partition coefficient (Wildman–Crippen LogP) is -0.592. The van der Waals surface area contributed by atoms with Gasteiger partial charge in [-0.15, -0.1) is 0 Å². The van der Waals surface area contributed by atoms with Crippen LogP contribution in [0.15, 0.2) is 0 Å². The standard InChI is InChI=1S/C9H21NO4S/c1-14-6-5-10-8-9(11)4-3-7-15(2,12)13/h9-11H,3-8H2,1-2H3. The molecule has 0 bridgehead atoms. The predicted molar refractivity (Wildman–Crippen MR) is 59.7 cm³/mol. The van der Waals surface area contributed by atoms with Gasteiger partial charge in [0.1, 0.15) is 9.84 Å². The van der Waals surface area contributed by atoms with E-state index >= 15 is 0 Å². The van der Waals surface area contributed by atoms with Crippen LogP contribution in [0, 0.1) is 0 Å². The third kappa shape index (κ3) is 11.8. The van der Waals surface area contributed by atoms with Crippen molar-refractivity contribution in [3.8, 4) is 0 Å². The Morgan fingerprint density at radius 1 is 1.47 bits per heavy atom.